The highest BCUT2D eigenvalue weighted by atomic mass is 16.5. The molecule has 156 valence electrons. The molecule has 0 aliphatic heterocycles. The zero-order chi connectivity index (χ0) is 21.4. The molecule has 1 saturated carbocycles. The second-order valence-corrected chi connectivity index (χ2v) is 8.33. The van der Waals surface area contributed by atoms with Gasteiger partial charge in [-0.2, -0.15) is 0 Å². The van der Waals surface area contributed by atoms with Gasteiger partial charge in [0.25, 0.3) is 0 Å². The standard InChI is InChI=1S/C26H23NO4/c28-24(29)26(17-8-2-1-3-9-17)14-18(15-26)27-25(30)31-16-23-21-12-6-4-10-19(21)20-11-5-7-13-22(20)23/h1-13,18,23H,14-16H2,(H,27,30)(H,28,29). The van der Waals surface area contributed by atoms with Crippen molar-refractivity contribution in [1.82, 2.24) is 5.32 Å². The van der Waals surface area contributed by atoms with E-state index < -0.39 is 17.5 Å². The van der Waals surface area contributed by atoms with E-state index in [-0.39, 0.29) is 18.6 Å². The maximum Gasteiger partial charge on any atom is 0.407 e. The van der Waals surface area contributed by atoms with Crippen molar-refractivity contribution in [3.05, 3.63) is 95.6 Å². The third kappa shape index (κ3) is 3.26. The Morgan fingerprint density at radius 1 is 0.871 bits per heavy atom. The van der Waals surface area contributed by atoms with E-state index in [0.717, 1.165) is 16.7 Å². The maximum atomic E-state index is 12.5. The number of rotatable bonds is 5. The van der Waals surface area contributed by atoms with E-state index in [1.54, 1.807) is 0 Å². The van der Waals surface area contributed by atoms with Crippen LogP contribution >= 0.6 is 0 Å². The molecule has 1 fully saturated rings. The number of ether oxygens (including phenoxy) is 1. The van der Waals surface area contributed by atoms with Gasteiger partial charge in [-0.25, -0.2) is 4.79 Å². The summed E-state index contributed by atoms with van der Waals surface area (Å²) in [6, 6.07) is 25.4. The number of hydrogen-bond donors (Lipinski definition) is 2. The molecule has 3 aromatic carbocycles. The number of benzene rings is 3. The Morgan fingerprint density at radius 3 is 2.00 bits per heavy atom. The summed E-state index contributed by atoms with van der Waals surface area (Å²) in [6.07, 6.45) is 0.214. The van der Waals surface area contributed by atoms with Gasteiger partial charge in [0.2, 0.25) is 0 Å². The topological polar surface area (TPSA) is 75.6 Å². The lowest BCUT2D eigenvalue weighted by Crippen LogP contribution is -2.57. The molecule has 31 heavy (non-hydrogen) atoms. The van der Waals surface area contributed by atoms with Gasteiger partial charge in [0, 0.05) is 12.0 Å². The zero-order valence-corrected chi connectivity index (χ0v) is 17.0. The van der Waals surface area contributed by atoms with Crippen LogP contribution in [0.5, 0.6) is 0 Å². The molecule has 2 aliphatic carbocycles. The normalized spacial score (nSPS) is 21.5. The van der Waals surface area contributed by atoms with Gasteiger partial charge < -0.3 is 15.2 Å². The van der Waals surface area contributed by atoms with E-state index in [1.165, 1.54) is 11.1 Å². The van der Waals surface area contributed by atoms with Crippen molar-refractivity contribution in [2.45, 2.75) is 30.2 Å². The number of hydrogen-bond acceptors (Lipinski definition) is 3. The van der Waals surface area contributed by atoms with Crippen LogP contribution in [-0.2, 0) is 14.9 Å². The number of carbonyl (C=O) groups excluding carboxylic acids is 1. The molecule has 0 saturated heterocycles. The number of nitrogens with one attached hydrogen (secondary N) is 1. The molecule has 0 radical (unpaired) electrons. The van der Waals surface area contributed by atoms with Gasteiger partial charge in [0.1, 0.15) is 6.61 Å². The van der Waals surface area contributed by atoms with Gasteiger partial charge in [-0.1, -0.05) is 78.9 Å². The molecular formula is C26H23NO4. The van der Waals surface area contributed by atoms with Crippen molar-refractivity contribution in [2.24, 2.45) is 0 Å². The summed E-state index contributed by atoms with van der Waals surface area (Å²) >= 11 is 0. The second-order valence-electron chi connectivity index (χ2n) is 8.33. The van der Waals surface area contributed by atoms with Crippen LogP contribution in [-0.4, -0.2) is 29.8 Å². The summed E-state index contributed by atoms with van der Waals surface area (Å²) in [5.41, 5.74) is 4.51. The zero-order valence-electron chi connectivity index (χ0n) is 17.0. The largest absolute Gasteiger partial charge is 0.481 e. The minimum absolute atomic E-state index is 0.00182. The lowest BCUT2D eigenvalue weighted by Gasteiger charge is -2.44. The highest BCUT2D eigenvalue weighted by Crippen LogP contribution is 2.45. The predicted molar refractivity (Wildman–Crippen MR) is 117 cm³/mol. The van der Waals surface area contributed by atoms with Crippen LogP contribution < -0.4 is 5.32 Å². The van der Waals surface area contributed by atoms with Crippen LogP contribution in [0.4, 0.5) is 4.79 Å². The molecule has 0 bridgehead atoms. The molecule has 5 rings (SSSR count). The van der Waals surface area contributed by atoms with Crippen LogP contribution in [0.2, 0.25) is 0 Å². The van der Waals surface area contributed by atoms with E-state index in [2.05, 4.69) is 29.6 Å². The minimum atomic E-state index is -0.942. The molecule has 2 N–H and O–H groups in total. The third-order valence-electron chi connectivity index (χ3n) is 6.59. The fraction of sp³-hybridized carbons (Fsp3) is 0.231. The summed E-state index contributed by atoms with van der Waals surface area (Å²) in [5.74, 6) is -0.855. The number of alkyl carbamates (subject to hydrolysis) is 1. The molecule has 1 amide bonds. The Kier molecular flexibility index (Phi) is 4.74. The van der Waals surface area contributed by atoms with Crippen LogP contribution in [0.15, 0.2) is 78.9 Å². The first-order chi connectivity index (χ1) is 15.1. The molecule has 0 heterocycles. The number of fused-ring (bicyclic) bond motifs is 3. The lowest BCUT2D eigenvalue weighted by atomic mass is 9.61. The fourth-order valence-electron chi connectivity index (χ4n) is 4.98. The first-order valence-corrected chi connectivity index (χ1v) is 10.5. The van der Waals surface area contributed by atoms with Crippen molar-refractivity contribution in [1.29, 1.82) is 0 Å². The summed E-state index contributed by atoms with van der Waals surface area (Å²) < 4.78 is 5.58. The Bertz CT molecular complexity index is 1090. The average Bonchev–Trinajstić information content (AvgIpc) is 3.08. The monoisotopic (exact) mass is 413 g/mol. The van der Waals surface area contributed by atoms with Gasteiger partial charge in [-0.15, -0.1) is 0 Å². The second kappa shape index (κ2) is 7.58. The lowest BCUT2D eigenvalue weighted by molar-refractivity contribution is -0.148. The van der Waals surface area contributed by atoms with E-state index in [1.807, 2.05) is 54.6 Å². The van der Waals surface area contributed by atoms with E-state index >= 15 is 0 Å². The molecule has 5 nitrogen and oxygen atoms in total. The van der Waals surface area contributed by atoms with Gasteiger partial charge in [-0.05, 0) is 40.7 Å². The third-order valence-corrected chi connectivity index (χ3v) is 6.59. The molecule has 0 atom stereocenters. The van der Waals surface area contributed by atoms with Gasteiger partial charge in [-0.3, -0.25) is 4.79 Å². The Hall–Kier alpha value is -3.60. The summed E-state index contributed by atoms with van der Waals surface area (Å²) in [4.78, 5) is 24.4. The molecular weight excluding hydrogens is 390 g/mol. The van der Waals surface area contributed by atoms with Crippen molar-refractivity contribution >= 4 is 12.1 Å². The summed E-state index contributed by atoms with van der Waals surface area (Å²) in [7, 11) is 0. The highest BCUT2D eigenvalue weighted by molar-refractivity contribution is 5.84. The number of carboxylic acid groups (broad SMARTS) is 1. The maximum absolute atomic E-state index is 12.5. The van der Waals surface area contributed by atoms with Crippen molar-refractivity contribution in [3.8, 4) is 11.1 Å². The first-order valence-electron chi connectivity index (χ1n) is 10.5. The van der Waals surface area contributed by atoms with Gasteiger partial charge in [0.15, 0.2) is 0 Å². The summed E-state index contributed by atoms with van der Waals surface area (Å²) in [5, 5.41) is 12.6. The number of carbonyl (C=O) groups is 2. The van der Waals surface area contributed by atoms with Crippen molar-refractivity contribution < 1.29 is 19.4 Å². The molecule has 2 aliphatic rings. The van der Waals surface area contributed by atoms with Crippen molar-refractivity contribution in [3.63, 3.8) is 0 Å². The number of amides is 1. The van der Waals surface area contributed by atoms with E-state index in [9.17, 15) is 14.7 Å². The van der Waals surface area contributed by atoms with Crippen LogP contribution in [0, 0.1) is 0 Å². The molecule has 0 spiro atoms. The van der Waals surface area contributed by atoms with Crippen LogP contribution in [0.3, 0.4) is 0 Å². The van der Waals surface area contributed by atoms with E-state index in [4.69, 9.17) is 4.74 Å². The average molecular weight is 413 g/mol. The number of carboxylic acids is 1. The van der Waals surface area contributed by atoms with E-state index in [0.29, 0.717) is 12.8 Å². The van der Waals surface area contributed by atoms with Gasteiger partial charge in [0.05, 0.1) is 5.41 Å². The summed E-state index contributed by atoms with van der Waals surface area (Å²) in [6.45, 7) is 0.245. The quantitative estimate of drug-likeness (QED) is 0.635. The van der Waals surface area contributed by atoms with Crippen LogP contribution in [0.25, 0.3) is 11.1 Å². The minimum Gasteiger partial charge on any atom is -0.481 e. The number of aliphatic carboxylic acids is 1. The highest BCUT2D eigenvalue weighted by Gasteiger charge is 2.52. The Balaban J connectivity index is 1.23. The molecule has 5 heteroatoms. The predicted octanol–water partition coefficient (Wildman–Crippen LogP) is 4.71. The first kappa shape index (κ1) is 19.4. The van der Waals surface area contributed by atoms with Crippen molar-refractivity contribution in [2.75, 3.05) is 6.61 Å². The smallest absolute Gasteiger partial charge is 0.407 e. The molecule has 3 aromatic rings. The van der Waals surface area contributed by atoms with Crippen LogP contribution in [0.1, 0.15) is 35.4 Å². The fourth-order valence-corrected chi connectivity index (χ4v) is 4.98. The van der Waals surface area contributed by atoms with Gasteiger partial charge >= 0.3 is 12.1 Å². The SMILES string of the molecule is O=C(NC1CC(C(=O)O)(c2ccccc2)C1)OCC1c2ccccc2-c2ccccc21. The molecule has 0 aromatic heterocycles. The Morgan fingerprint density at radius 2 is 1.42 bits per heavy atom. The molecule has 0 unspecified atom stereocenters. The Labute approximate surface area is 180 Å².